The summed E-state index contributed by atoms with van der Waals surface area (Å²) < 4.78 is 7.81. The highest BCUT2D eigenvalue weighted by Crippen LogP contribution is 2.29. The Morgan fingerprint density at radius 3 is 2.88 bits per heavy atom. The fraction of sp³-hybridized carbons (Fsp3) is 0.500. The standard InChI is InChI=1S/C18H22N4O2/c1-12(17-21-20-16-3-2-10-22(16)17)19-18(23)14-6-8-15(9-7-14)24-11-13-4-5-13/h6-9,12-13H,2-5,10-11H2,1H3,(H,19,23)/t12-/m0/s1. The van der Waals surface area contributed by atoms with Gasteiger partial charge in [-0.15, -0.1) is 10.2 Å². The van der Waals surface area contributed by atoms with Crippen molar-refractivity contribution >= 4 is 5.91 Å². The van der Waals surface area contributed by atoms with E-state index in [4.69, 9.17) is 4.74 Å². The molecule has 6 heteroatoms. The van der Waals surface area contributed by atoms with Crippen molar-refractivity contribution in [3.8, 4) is 5.75 Å². The quantitative estimate of drug-likeness (QED) is 0.885. The monoisotopic (exact) mass is 326 g/mol. The molecule has 1 aliphatic carbocycles. The van der Waals surface area contributed by atoms with Crippen LogP contribution in [0, 0.1) is 5.92 Å². The van der Waals surface area contributed by atoms with Crippen molar-refractivity contribution in [1.82, 2.24) is 20.1 Å². The highest BCUT2D eigenvalue weighted by atomic mass is 16.5. The van der Waals surface area contributed by atoms with Crippen LogP contribution in [0.2, 0.25) is 0 Å². The molecule has 0 spiro atoms. The van der Waals surface area contributed by atoms with Crippen molar-refractivity contribution in [3.63, 3.8) is 0 Å². The van der Waals surface area contributed by atoms with Gasteiger partial charge in [-0.25, -0.2) is 0 Å². The lowest BCUT2D eigenvalue weighted by Gasteiger charge is -2.14. The molecule has 1 N–H and O–H groups in total. The van der Waals surface area contributed by atoms with Crippen molar-refractivity contribution in [2.24, 2.45) is 5.92 Å². The van der Waals surface area contributed by atoms with E-state index in [0.717, 1.165) is 49.3 Å². The highest BCUT2D eigenvalue weighted by Gasteiger charge is 2.23. The van der Waals surface area contributed by atoms with Crippen LogP contribution in [-0.2, 0) is 13.0 Å². The van der Waals surface area contributed by atoms with Gasteiger partial charge in [0.2, 0.25) is 0 Å². The third kappa shape index (κ3) is 3.13. The van der Waals surface area contributed by atoms with Gasteiger partial charge in [-0.2, -0.15) is 0 Å². The van der Waals surface area contributed by atoms with Crippen LogP contribution in [0.4, 0.5) is 0 Å². The van der Waals surface area contributed by atoms with Gasteiger partial charge >= 0.3 is 0 Å². The summed E-state index contributed by atoms with van der Waals surface area (Å²) in [5.41, 5.74) is 0.627. The Morgan fingerprint density at radius 1 is 1.33 bits per heavy atom. The number of carbonyl (C=O) groups excluding carboxylic acids is 1. The molecule has 0 saturated heterocycles. The predicted octanol–water partition coefficient (Wildman–Crippen LogP) is 2.50. The Balaban J connectivity index is 1.37. The Morgan fingerprint density at radius 2 is 2.12 bits per heavy atom. The maximum Gasteiger partial charge on any atom is 0.251 e. The second kappa shape index (κ2) is 6.26. The summed E-state index contributed by atoms with van der Waals surface area (Å²) in [6.45, 7) is 3.66. The molecule has 1 fully saturated rings. The molecule has 0 unspecified atom stereocenters. The van der Waals surface area contributed by atoms with Crippen molar-refractivity contribution in [1.29, 1.82) is 0 Å². The Hall–Kier alpha value is -2.37. The topological polar surface area (TPSA) is 69.0 Å². The van der Waals surface area contributed by atoms with Crippen molar-refractivity contribution in [2.45, 2.75) is 45.2 Å². The lowest BCUT2D eigenvalue weighted by molar-refractivity contribution is 0.0937. The summed E-state index contributed by atoms with van der Waals surface area (Å²) in [6, 6.07) is 7.16. The van der Waals surface area contributed by atoms with E-state index in [2.05, 4.69) is 20.1 Å². The van der Waals surface area contributed by atoms with Crippen LogP contribution in [0.15, 0.2) is 24.3 Å². The Labute approximate surface area is 141 Å². The number of nitrogens with one attached hydrogen (secondary N) is 1. The van der Waals surface area contributed by atoms with E-state index in [0.29, 0.717) is 5.56 Å². The van der Waals surface area contributed by atoms with E-state index in [1.54, 1.807) is 12.1 Å². The zero-order valence-electron chi connectivity index (χ0n) is 13.9. The largest absolute Gasteiger partial charge is 0.493 e. The van der Waals surface area contributed by atoms with Gasteiger partial charge in [0.05, 0.1) is 12.6 Å². The minimum absolute atomic E-state index is 0.105. The van der Waals surface area contributed by atoms with Gasteiger partial charge in [0.1, 0.15) is 11.6 Å². The van der Waals surface area contributed by atoms with Gasteiger partial charge in [-0.1, -0.05) is 0 Å². The number of ether oxygens (including phenoxy) is 1. The smallest absolute Gasteiger partial charge is 0.251 e. The third-order valence-corrected chi connectivity index (χ3v) is 4.67. The predicted molar refractivity (Wildman–Crippen MR) is 88.9 cm³/mol. The SMILES string of the molecule is C[C@H](NC(=O)c1ccc(OCC2CC2)cc1)c1nnc2n1CCC2. The fourth-order valence-electron chi connectivity index (χ4n) is 3.04. The molecular weight excluding hydrogens is 304 g/mol. The van der Waals surface area contributed by atoms with Gasteiger partial charge in [0.25, 0.3) is 5.91 Å². The first-order valence-corrected chi connectivity index (χ1v) is 8.66. The second-order valence-electron chi connectivity index (χ2n) is 6.70. The summed E-state index contributed by atoms with van der Waals surface area (Å²) in [5, 5.41) is 11.4. The van der Waals surface area contributed by atoms with Crippen LogP contribution in [-0.4, -0.2) is 27.3 Å². The van der Waals surface area contributed by atoms with Crippen molar-refractivity contribution in [2.75, 3.05) is 6.61 Å². The number of hydrogen-bond donors (Lipinski definition) is 1. The first-order chi connectivity index (χ1) is 11.7. The number of benzene rings is 1. The molecule has 0 radical (unpaired) electrons. The molecule has 1 aromatic carbocycles. The Bertz CT molecular complexity index is 734. The molecule has 1 aromatic heterocycles. The zero-order valence-corrected chi connectivity index (χ0v) is 13.9. The molecular formula is C18H22N4O2. The lowest BCUT2D eigenvalue weighted by atomic mass is 10.2. The van der Waals surface area contributed by atoms with E-state index in [1.165, 1.54) is 12.8 Å². The molecule has 2 heterocycles. The molecule has 0 bridgehead atoms. The second-order valence-corrected chi connectivity index (χ2v) is 6.70. The van der Waals surface area contributed by atoms with Crippen LogP contribution in [0.3, 0.4) is 0 Å². The molecule has 6 nitrogen and oxygen atoms in total. The van der Waals surface area contributed by atoms with Crippen LogP contribution in [0.1, 0.15) is 54.2 Å². The number of fused-ring (bicyclic) bond motifs is 1. The molecule has 2 aliphatic rings. The number of nitrogens with zero attached hydrogens (tertiary/aromatic N) is 3. The molecule has 24 heavy (non-hydrogen) atoms. The molecule has 1 atom stereocenters. The van der Waals surface area contributed by atoms with E-state index >= 15 is 0 Å². The zero-order chi connectivity index (χ0) is 16.5. The van der Waals surface area contributed by atoms with Gasteiger partial charge in [0, 0.05) is 18.5 Å². The summed E-state index contributed by atoms with van der Waals surface area (Å²) in [5.74, 6) is 3.29. The normalized spacial score (nSPS) is 17.4. The minimum Gasteiger partial charge on any atom is -0.493 e. The van der Waals surface area contributed by atoms with E-state index in [-0.39, 0.29) is 11.9 Å². The molecule has 2 aromatic rings. The maximum atomic E-state index is 12.4. The first-order valence-electron chi connectivity index (χ1n) is 8.66. The van der Waals surface area contributed by atoms with Crippen molar-refractivity contribution < 1.29 is 9.53 Å². The number of aromatic nitrogens is 3. The van der Waals surface area contributed by atoms with E-state index < -0.39 is 0 Å². The van der Waals surface area contributed by atoms with Gasteiger partial charge < -0.3 is 14.6 Å². The number of rotatable bonds is 6. The first kappa shape index (κ1) is 15.2. The lowest BCUT2D eigenvalue weighted by Crippen LogP contribution is -2.28. The van der Waals surface area contributed by atoms with Gasteiger partial charge in [-0.05, 0) is 56.4 Å². The maximum absolute atomic E-state index is 12.4. The van der Waals surface area contributed by atoms with Crippen LogP contribution in [0.25, 0.3) is 0 Å². The molecule has 126 valence electrons. The number of amides is 1. The molecule has 1 saturated carbocycles. The summed E-state index contributed by atoms with van der Waals surface area (Å²) in [4.78, 5) is 12.4. The fourth-order valence-corrected chi connectivity index (χ4v) is 3.04. The van der Waals surface area contributed by atoms with Gasteiger partial charge in [-0.3, -0.25) is 4.79 Å². The summed E-state index contributed by atoms with van der Waals surface area (Å²) >= 11 is 0. The average Bonchev–Trinajstić information content (AvgIpc) is 3.14. The molecule has 4 rings (SSSR count). The molecule has 1 amide bonds. The van der Waals surface area contributed by atoms with Gasteiger partial charge in [0.15, 0.2) is 5.82 Å². The Kier molecular flexibility index (Phi) is 3.96. The van der Waals surface area contributed by atoms with E-state index in [1.807, 2.05) is 19.1 Å². The number of aryl methyl sites for hydroxylation is 1. The highest BCUT2D eigenvalue weighted by molar-refractivity contribution is 5.94. The summed E-state index contributed by atoms with van der Waals surface area (Å²) in [6.07, 6.45) is 4.60. The summed E-state index contributed by atoms with van der Waals surface area (Å²) in [7, 11) is 0. The van der Waals surface area contributed by atoms with E-state index in [9.17, 15) is 4.79 Å². The third-order valence-electron chi connectivity index (χ3n) is 4.67. The minimum atomic E-state index is -0.164. The van der Waals surface area contributed by atoms with Crippen LogP contribution >= 0.6 is 0 Å². The number of hydrogen-bond acceptors (Lipinski definition) is 4. The molecule has 1 aliphatic heterocycles. The average molecular weight is 326 g/mol. The van der Waals surface area contributed by atoms with Crippen LogP contribution in [0.5, 0.6) is 5.75 Å². The number of carbonyl (C=O) groups is 1. The van der Waals surface area contributed by atoms with Crippen molar-refractivity contribution in [3.05, 3.63) is 41.5 Å². The van der Waals surface area contributed by atoms with Crippen LogP contribution < -0.4 is 10.1 Å².